The molecule has 5 heteroatoms. The predicted octanol–water partition coefficient (Wildman–Crippen LogP) is 7.79. The van der Waals surface area contributed by atoms with Crippen LogP contribution >= 0.6 is 0 Å². The van der Waals surface area contributed by atoms with Crippen LogP contribution in [0.5, 0.6) is 0 Å². The van der Waals surface area contributed by atoms with Crippen molar-refractivity contribution in [2.75, 3.05) is 18.4 Å². The Morgan fingerprint density at radius 2 is 1.69 bits per heavy atom. The number of carboxylic acid groups (broad SMARTS) is 1. The average molecular weight is 520 g/mol. The number of carboxylic acids is 1. The van der Waals surface area contributed by atoms with Crippen LogP contribution in [-0.2, 0) is 0 Å². The van der Waals surface area contributed by atoms with E-state index in [4.69, 9.17) is 4.42 Å². The minimum Gasteiger partial charge on any atom is -0.478 e. The number of para-hydroxylation sites is 1. The molecule has 0 spiro atoms. The highest BCUT2D eigenvalue weighted by Crippen LogP contribution is 2.42. The minimum atomic E-state index is -0.954. The molecule has 39 heavy (non-hydrogen) atoms. The van der Waals surface area contributed by atoms with E-state index < -0.39 is 5.97 Å². The van der Waals surface area contributed by atoms with Crippen molar-refractivity contribution >= 4 is 28.3 Å². The summed E-state index contributed by atoms with van der Waals surface area (Å²) in [6.45, 7) is 10.6. The second kappa shape index (κ2) is 11.2. The number of carbonyl (C=O) groups is 1. The largest absolute Gasteiger partial charge is 0.478 e. The Labute approximate surface area is 229 Å². The Morgan fingerprint density at radius 1 is 0.949 bits per heavy atom. The van der Waals surface area contributed by atoms with Crippen LogP contribution in [0.4, 0.5) is 11.4 Å². The third-order valence-corrected chi connectivity index (χ3v) is 7.25. The number of rotatable bonds is 8. The number of anilines is 2. The van der Waals surface area contributed by atoms with Gasteiger partial charge in [0.05, 0.1) is 11.6 Å². The lowest BCUT2D eigenvalue weighted by atomic mass is 9.90. The van der Waals surface area contributed by atoms with Gasteiger partial charge in [-0.1, -0.05) is 50.2 Å². The van der Waals surface area contributed by atoms with Gasteiger partial charge in [-0.2, -0.15) is 0 Å². The second-order valence-electron chi connectivity index (χ2n) is 10.4. The van der Waals surface area contributed by atoms with Crippen LogP contribution in [0.25, 0.3) is 33.4 Å². The molecule has 0 radical (unpaired) electrons. The molecule has 0 unspecified atom stereocenters. The van der Waals surface area contributed by atoms with Gasteiger partial charge in [-0.3, -0.25) is 0 Å². The van der Waals surface area contributed by atoms with Gasteiger partial charge in [0.1, 0.15) is 24.4 Å². The van der Waals surface area contributed by atoms with Crippen LogP contribution in [-0.4, -0.2) is 24.2 Å². The van der Waals surface area contributed by atoms with Gasteiger partial charge >= 0.3 is 5.97 Å². The molecular formula is C34H35N2O3+. The van der Waals surface area contributed by atoms with E-state index in [0.29, 0.717) is 11.5 Å². The van der Waals surface area contributed by atoms with E-state index in [1.807, 2.05) is 48.5 Å². The Morgan fingerprint density at radius 3 is 2.41 bits per heavy atom. The molecule has 2 N–H and O–H groups in total. The van der Waals surface area contributed by atoms with E-state index in [9.17, 15) is 9.90 Å². The van der Waals surface area contributed by atoms with Gasteiger partial charge in [0, 0.05) is 40.4 Å². The van der Waals surface area contributed by atoms with E-state index in [-0.39, 0.29) is 5.56 Å². The highest BCUT2D eigenvalue weighted by molar-refractivity contribution is 6.08. The third-order valence-electron chi connectivity index (χ3n) is 7.25. The Bertz CT molecular complexity index is 1680. The fraction of sp³-hybridized carbons (Fsp3) is 0.235. The number of hydrogen-bond donors (Lipinski definition) is 2. The zero-order valence-corrected chi connectivity index (χ0v) is 23.0. The van der Waals surface area contributed by atoms with Crippen LogP contribution in [0.1, 0.15) is 43.1 Å². The summed E-state index contributed by atoms with van der Waals surface area (Å²) < 4.78 is 8.92. The molecule has 0 atom stereocenters. The quantitative estimate of drug-likeness (QED) is 0.162. The van der Waals surface area contributed by atoms with Gasteiger partial charge in [0.15, 0.2) is 0 Å². The first-order valence-electron chi connectivity index (χ1n) is 13.6. The molecule has 0 saturated carbocycles. The molecule has 0 bridgehead atoms. The highest BCUT2D eigenvalue weighted by Gasteiger charge is 2.23. The van der Waals surface area contributed by atoms with Crippen molar-refractivity contribution in [2.24, 2.45) is 5.92 Å². The fourth-order valence-corrected chi connectivity index (χ4v) is 5.10. The van der Waals surface area contributed by atoms with Crippen molar-refractivity contribution in [3.05, 3.63) is 101 Å². The van der Waals surface area contributed by atoms with Crippen molar-refractivity contribution in [1.29, 1.82) is 0 Å². The molecule has 3 aromatic rings. The summed E-state index contributed by atoms with van der Waals surface area (Å²) in [7, 11) is 0. The summed E-state index contributed by atoms with van der Waals surface area (Å²) in [5.74, 6) is 0.403. The van der Waals surface area contributed by atoms with Gasteiger partial charge in [0.2, 0.25) is 5.36 Å². The summed E-state index contributed by atoms with van der Waals surface area (Å²) in [6, 6.07) is 27.6. The minimum absolute atomic E-state index is 0.264. The summed E-state index contributed by atoms with van der Waals surface area (Å²) in [5, 5.41) is 15.6. The normalized spacial score (nSPS) is 12.2. The van der Waals surface area contributed by atoms with Crippen molar-refractivity contribution in [1.82, 2.24) is 4.58 Å². The molecule has 5 nitrogen and oxygen atoms in total. The molecule has 1 aliphatic heterocycles. The molecule has 5 rings (SSSR count). The lowest BCUT2D eigenvalue weighted by Gasteiger charge is -2.19. The first-order valence-corrected chi connectivity index (χ1v) is 13.6. The lowest BCUT2D eigenvalue weighted by Crippen LogP contribution is -2.31. The molecule has 1 aliphatic carbocycles. The number of hydrogen-bond acceptors (Lipinski definition) is 3. The SMILES string of the molecule is CC/[N+](CCC(C)C)=c1/ccc2c(-c3ccccc3C(=O)O)c3cc(Nc4ccccc4)c(C)cc3oc-2c1. The Balaban J connectivity index is 1.81. The van der Waals surface area contributed by atoms with E-state index in [1.54, 1.807) is 12.1 Å². The van der Waals surface area contributed by atoms with Gasteiger partial charge in [-0.05, 0) is 67.3 Å². The third kappa shape index (κ3) is 5.44. The lowest BCUT2D eigenvalue weighted by molar-refractivity contribution is 0.0697. The predicted molar refractivity (Wildman–Crippen MR) is 160 cm³/mol. The van der Waals surface area contributed by atoms with Crippen molar-refractivity contribution in [2.45, 2.75) is 34.1 Å². The second-order valence-corrected chi connectivity index (χ2v) is 10.4. The maximum Gasteiger partial charge on any atom is 0.336 e. The first-order chi connectivity index (χ1) is 18.9. The zero-order chi connectivity index (χ0) is 27.5. The number of nitrogens with one attached hydrogen (secondary N) is 1. The molecule has 0 fully saturated rings. The highest BCUT2D eigenvalue weighted by atomic mass is 16.4. The van der Waals surface area contributed by atoms with Gasteiger partial charge < -0.3 is 14.8 Å². The van der Waals surface area contributed by atoms with E-state index in [0.717, 1.165) is 69.7 Å². The van der Waals surface area contributed by atoms with E-state index in [2.05, 4.69) is 61.9 Å². The van der Waals surface area contributed by atoms with Crippen molar-refractivity contribution in [3.63, 3.8) is 0 Å². The first kappa shape index (κ1) is 26.2. The Hall–Kier alpha value is -4.38. The smallest absolute Gasteiger partial charge is 0.336 e. The topological polar surface area (TPSA) is 65.5 Å². The monoisotopic (exact) mass is 519 g/mol. The fourth-order valence-electron chi connectivity index (χ4n) is 5.10. The van der Waals surface area contributed by atoms with E-state index in [1.165, 1.54) is 0 Å². The van der Waals surface area contributed by atoms with Crippen molar-refractivity contribution < 1.29 is 14.3 Å². The van der Waals surface area contributed by atoms with Crippen LogP contribution < -0.4 is 15.2 Å². The van der Waals surface area contributed by atoms with Crippen LogP contribution in [0.15, 0.2) is 89.3 Å². The van der Waals surface area contributed by atoms with Gasteiger partial charge in [0.25, 0.3) is 0 Å². The number of fused-ring (bicyclic) bond motifs is 2. The summed E-state index contributed by atoms with van der Waals surface area (Å²) in [4.78, 5) is 12.3. The number of aromatic carboxylic acids is 1. The average Bonchev–Trinajstić information content (AvgIpc) is 2.93. The number of benzene rings is 4. The number of nitrogens with zero attached hydrogens (tertiary/aromatic N) is 1. The summed E-state index contributed by atoms with van der Waals surface area (Å²) in [6.07, 6.45) is 1.11. The molecular weight excluding hydrogens is 484 g/mol. The maximum atomic E-state index is 12.3. The summed E-state index contributed by atoms with van der Waals surface area (Å²) in [5.41, 5.74) is 6.36. The summed E-state index contributed by atoms with van der Waals surface area (Å²) >= 11 is 0. The molecule has 0 saturated heterocycles. The maximum absolute atomic E-state index is 12.3. The van der Waals surface area contributed by atoms with Crippen molar-refractivity contribution in [3.8, 4) is 22.5 Å². The molecule has 0 amide bonds. The molecule has 3 aromatic carbocycles. The van der Waals surface area contributed by atoms with Gasteiger partial charge in [-0.15, -0.1) is 0 Å². The van der Waals surface area contributed by atoms with Crippen LogP contribution in [0.2, 0.25) is 0 Å². The van der Waals surface area contributed by atoms with E-state index >= 15 is 0 Å². The molecule has 198 valence electrons. The van der Waals surface area contributed by atoms with Gasteiger partial charge in [-0.25, -0.2) is 9.37 Å². The number of aryl methyl sites for hydroxylation is 1. The van der Waals surface area contributed by atoms with Crippen LogP contribution in [0.3, 0.4) is 0 Å². The standard InChI is InChI=1S/C34H34N2O3/c1-5-36(18-17-22(2)3)25-15-16-28-32(20-25)39-31-19-23(4)30(35-24-11-7-6-8-12-24)21-29(31)33(28)26-13-9-10-14-27(26)34(37)38/h6-16,19-22,35H,5,17-18H2,1-4H3/p+1/b36-25+. The Kier molecular flexibility index (Phi) is 7.51. The molecule has 0 aromatic heterocycles. The van der Waals surface area contributed by atoms with Crippen LogP contribution in [0, 0.1) is 12.8 Å². The molecule has 2 aliphatic rings. The molecule has 1 heterocycles. The zero-order valence-electron chi connectivity index (χ0n) is 23.0.